The first-order chi connectivity index (χ1) is 9.06. The van der Waals surface area contributed by atoms with Crippen LogP contribution in [0.4, 0.5) is 0 Å². The van der Waals surface area contributed by atoms with Gasteiger partial charge in [-0.25, -0.2) is 0 Å². The van der Waals surface area contributed by atoms with Crippen molar-refractivity contribution in [2.75, 3.05) is 14.2 Å². The lowest BCUT2D eigenvalue weighted by atomic mass is 10.0. The van der Waals surface area contributed by atoms with Gasteiger partial charge in [-0.3, -0.25) is 4.68 Å². The number of aliphatic hydroxyl groups is 1. The Morgan fingerprint density at radius 1 is 1.21 bits per heavy atom. The highest BCUT2D eigenvalue weighted by molar-refractivity contribution is 5.45. The molecule has 0 fully saturated rings. The van der Waals surface area contributed by atoms with Crippen LogP contribution < -0.4 is 9.47 Å². The second-order valence-electron chi connectivity index (χ2n) is 4.35. The molecule has 0 aliphatic heterocycles. The summed E-state index contributed by atoms with van der Waals surface area (Å²) in [5, 5.41) is 14.7. The molecule has 0 aliphatic carbocycles. The summed E-state index contributed by atoms with van der Waals surface area (Å²) >= 11 is 0. The third kappa shape index (κ3) is 2.56. The van der Waals surface area contributed by atoms with Crippen LogP contribution in [0.25, 0.3) is 0 Å². The van der Waals surface area contributed by atoms with Crippen LogP contribution >= 0.6 is 0 Å². The van der Waals surface area contributed by atoms with Gasteiger partial charge in [0.2, 0.25) is 0 Å². The summed E-state index contributed by atoms with van der Waals surface area (Å²) in [5.74, 6) is 1.28. The first-order valence-electron chi connectivity index (χ1n) is 5.97. The highest BCUT2D eigenvalue weighted by Gasteiger charge is 2.19. The second-order valence-corrected chi connectivity index (χ2v) is 4.35. The first-order valence-corrected chi connectivity index (χ1v) is 5.97. The number of nitrogens with zero attached hydrogens (tertiary/aromatic N) is 2. The van der Waals surface area contributed by atoms with Gasteiger partial charge in [0.15, 0.2) is 0 Å². The summed E-state index contributed by atoms with van der Waals surface area (Å²) in [6, 6.07) is 5.35. The Bertz CT molecular complexity index is 578. The maximum Gasteiger partial charge on any atom is 0.128 e. The van der Waals surface area contributed by atoms with Crippen molar-refractivity contribution in [1.29, 1.82) is 0 Å². The van der Waals surface area contributed by atoms with Gasteiger partial charge in [-0.15, -0.1) is 0 Å². The molecule has 0 bridgehead atoms. The number of methoxy groups -OCH3 is 2. The van der Waals surface area contributed by atoms with Gasteiger partial charge in [0.1, 0.15) is 17.6 Å². The molecule has 1 aromatic carbocycles. The number of ether oxygens (including phenoxy) is 2. The molecule has 5 nitrogen and oxygen atoms in total. The predicted octanol–water partition coefficient (Wildman–Crippen LogP) is 1.83. The third-order valence-corrected chi connectivity index (χ3v) is 3.08. The van der Waals surface area contributed by atoms with Crippen LogP contribution in [0.15, 0.2) is 24.4 Å². The smallest absolute Gasteiger partial charge is 0.128 e. The molecular formula is C14H18N2O3. The van der Waals surface area contributed by atoms with E-state index in [1.807, 2.05) is 20.2 Å². The van der Waals surface area contributed by atoms with E-state index in [1.165, 1.54) is 0 Å². The number of aromatic nitrogens is 2. The fourth-order valence-corrected chi connectivity index (χ4v) is 2.10. The van der Waals surface area contributed by atoms with E-state index in [9.17, 15) is 5.11 Å². The van der Waals surface area contributed by atoms with Crippen molar-refractivity contribution < 1.29 is 14.6 Å². The van der Waals surface area contributed by atoms with Crippen LogP contribution in [0.1, 0.15) is 22.9 Å². The molecule has 0 amide bonds. The van der Waals surface area contributed by atoms with Gasteiger partial charge in [-0.2, -0.15) is 5.10 Å². The van der Waals surface area contributed by atoms with E-state index in [-0.39, 0.29) is 0 Å². The Labute approximate surface area is 112 Å². The van der Waals surface area contributed by atoms with Crippen molar-refractivity contribution >= 4 is 0 Å². The van der Waals surface area contributed by atoms with Gasteiger partial charge >= 0.3 is 0 Å². The molecule has 0 saturated carbocycles. The molecule has 1 N–H and O–H groups in total. The Hall–Kier alpha value is -2.01. The summed E-state index contributed by atoms with van der Waals surface area (Å²) in [5.41, 5.74) is 2.26. The molecule has 0 aliphatic rings. The zero-order valence-corrected chi connectivity index (χ0v) is 11.5. The van der Waals surface area contributed by atoms with Crippen LogP contribution in [0.5, 0.6) is 11.5 Å². The fourth-order valence-electron chi connectivity index (χ4n) is 2.10. The van der Waals surface area contributed by atoms with Crippen molar-refractivity contribution in [3.05, 3.63) is 41.2 Å². The highest BCUT2D eigenvalue weighted by Crippen LogP contribution is 2.33. The first kappa shape index (κ1) is 13.4. The Kier molecular flexibility index (Phi) is 3.76. The largest absolute Gasteiger partial charge is 0.497 e. The number of benzene rings is 1. The highest BCUT2D eigenvalue weighted by atomic mass is 16.5. The molecule has 1 unspecified atom stereocenters. The molecule has 102 valence electrons. The van der Waals surface area contributed by atoms with E-state index in [2.05, 4.69) is 5.10 Å². The molecule has 2 rings (SSSR count). The topological polar surface area (TPSA) is 56.5 Å². The van der Waals surface area contributed by atoms with E-state index in [1.54, 1.807) is 37.1 Å². The normalized spacial score (nSPS) is 12.3. The predicted molar refractivity (Wildman–Crippen MR) is 71.6 cm³/mol. The summed E-state index contributed by atoms with van der Waals surface area (Å²) in [4.78, 5) is 0. The van der Waals surface area contributed by atoms with E-state index in [0.29, 0.717) is 17.1 Å². The minimum Gasteiger partial charge on any atom is -0.497 e. The number of rotatable bonds is 4. The van der Waals surface area contributed by atoms with Gasteiger partial charge in [0.25, 0.3) is 0 Å². The number of hydrogen-bond donors (Lipinski definition) is 1. The molecule has 19 heavy (non-hydrogen) atoms. The zero-order chi connectivity index (χ0) is 14.0. The number of aliphatic hydroxyl groups excluding tert-OH is 1. The molecule has 1 atom stereocenters. The van der Waals surface area contributed by atoms with E-state index >= 15 is 0 Å². The number of hydrogen-bond acceptors (Lipinski definition) is 4. The average Bonchev–Trinajstić information content (AvgIpc) is 2.76. The van der Waals surface area contributed by atoms with Crippen molar-refractivity contribution in [2.45, 2.75) is 13.0 Å². The lowest BCUT2D eigenvalue weighted by Crippen LogP contribution is -2.03. The van der Waals surface area contributed by atoms with Crippen LogP contribution in [-0.2, 0) is 7.05 Å². The van der Waals surface area contributed by atoms with Crippen molar-refractivity contribution in [1.82, 2.24) is 9.78 Å². The Morgan fingerprint density at radius 3 is 2.47 bits per heavy atom. The minimum atomic E-state index is -0.769. The molecule has 1 aromatic heterocycles. The van der Waals surface area contributed by atoms with Crippen LogP contribution in [0.2, 0.25) is 0 Å². The minimum absolute atomic E-state index is 0.593. The van der Waals surface area contributed by atoms with Crippen LogP contribution in [0, 0.1) is 6.92 Å². The van der Waals surface area contributed by atoms with Gasteiger partial charge in [-0.05, 0) is 19.1 Å². The zero-order valence-electron chi connectivity index (χ0n) is 11.5. The third-order valence-electron chi connectivity index (χ3n) is 3.08. The van der Waals surface area contributed by atoms with Gasteiger partial charge in [0, 0.05) is 30.4 Å². The number of aryl methyl sites for hydroxylation is 2. The van der Waals surface area contributed by atoms with Crippen LogP contribution in [0.3, 0.4) is 0 Å². The van der Waals surface area contributed by atoms with Gasteiger partial charge < -0.3 is 14.6 Å². The molecule has 0 spiro atoms. The lowest BCUT2D eigenvalue weighted by molar-refractivity contribution is 0.213. The summed E-state index contributed by atoms with van der Waals surface area (Å²) in [6.07, 6.45) is 1.04. The van der Waals surface area contributed by atoms with Gasteiger partial charge in [-0.1, -0.05) is 0 Å². The second kappa shape index (κ2) is 5.32. The molecular weight excluding hydrogens is 244 g/mol. The maximum atomic E-state index is 10.5. The van der Waals surface area contributed by atoms with Crippen molar-refractivity contribution in [3.8, 4) is 11.5 Å². The summed E-state index contributed by atoms with van der Waals surface area (Å²) < 4.78 is 12.1. The average molecular weight is 262 g/mol. The Balaban J connectivity index is 2.43. The molecule has 2 aromatic rings. The quantitative estimate of drug-likeness (QED) is 0.913. The lowest BCUT2D eigenvalue weighted by Gasteiger charge is -2.15. The molecule has 5 heteroatoms. The molecule has 1 heterocycles. The van der Waals surface area contributed by atoms with E-state index in [4.69, 9.17) is 9.47 Å². The molecule has 0 radical (unpaired) electrons. The fraction of sp³-hybridized carbons (Fsp3) is 0.357. The Morgan fingerprint density at radius 2 is 1.95 bits per heavy atom. The monoisotopic (exact) mass is 262 g/mol. The van der Waals surface area contributed by atoms with Crippen LogP contribution in [-0.4, -0.2) is 29.1 Å². The van der Waals surface area contributed by atoms with Crippen molar-refractivity contribution in [3.63, 3.8) is 0 Å². The van der Waals surface area contributed by atoms with Crippen molar-refractivity contribution in [2.24, 2.45) is 7.05 Å². The van der Waals surface area contributed by atoms with E-state index < -0.39 is 6.10 Å². The summed E-state index contributed by atoms with van der Waals surface area (Å²) in [6.45, 7) is 1.87. The SMILES string of the molecule is COc1ccc(C(O)c2cn(C)nc2C)c(OC)c1. The summed E-state index contributed by atoms with van der Waals surface area (Å²) in [7, 11) is 4.99. The van der Waals surface area contributed by atoms with E-state index in [0.717, 1.165) is 11.3 Å². The molecule has 0 saturated heterocycles. The maximum absolute atomic E-state index is 10.5. The standard InChI is InChI=1S/C14H18N2O3/c1-9-12(8-16(2)15-9)14(17)11-6-5-10(18-3)7-13(11)19-4/h5-8,14,17H,1-4H3. The van der Waals surface area contributed by atoms with Gasteiger partial charge in [0.05, 0.1) is 19.9 Å².